The first-order valence-corrected chi connectivity index (χ1v) is 16.6. The van der Waals surface area contributed by atoms with Crippen molar-refractivity contribution in [3.63, 3.8) is 0 Å². The van der Waals surface area contributed by atoms with E-state index in [4.69, 9.17) is 4.89 Å². The molecule has 1 aliphatic rings. The molecule has 0 atom stereocenters. The molecular formula is C25H28N2O8S4. The Kier molecular flexibility index (Phi) is 9.18. The van der Waals surface area contributed by atoms with Gasteiger partial charge in [-0.05, 0) is 54.8 Å². The molecule has 0 spiro atoms. The summed E-state index contributed by atoms with van der Waals surface area (Å²) in [7, 11) is -7.18. The van der Waals surface area contributed by atoms with Crippen LogP contribution in [0.15, 0.2) is 58.0 Å². The fourth-order valence-corrected chi connectivity index (χ4v) is 7.27. The Morgan fingerprint density at radius 1 is 1.15 bits per heavy atom. The number of aryl methyl sites for hydroxylation is 2. The van der Waals surface area contributed by atoms with E-state index in [1.54, 1.807) is 0 Å². The molecule has 1 aromatic heterocycles. The van der Waals surface area contributed by atoms with Crippen LogP contribution < -0.4 is 9.47 Å². The Hall–Kier alpha value is -2.30. The average Bonchev–Trinajstić information content (AvgIpc) is 3.35. The lowest BCUT2D eigenvalue weighted by molar-refractivity contribution is -0.664. The van der Waals surface area contributed by atoms with E-state index in [-0.39, 0.29) is 19.7 Å². The SMILES string of the molecule is COOCc1ccc2sc(/C=C(C)\C=C3\Sc4ccc(C)cc4N3CCS(=O)(=O)[O-])[n+](CCS(=O)(=O)O)c2c1. The predicted octanol–water partition coefficient (Wildman–Crippen LogP) is 3.87. The number of aromatic nitrogens is 1. The van der Waals surface area contributed by atoms with Gasteiger partial charge in [0.25, 0.3) is 15.1 Å². The van der Waals surface area contributed by atoms with Crippen LogP contribution in [0.1, 0.15) is 23.1 Å². The van der Waals surface area contributed by atoms with Crippen molar-refractivity contribution >= 4 is 65.3 Å². The molecule has 39 heavy (non-hydrogen) atoms. The van der Waals surface area contributed by atoms with E-state index in [9.17, 15) is 25.9 Å². The quantitative estimate of drug-likeness (QED) is 0.147. The highest BCUT2D eigenvalue weighted by molar-refractivity contribution is 8.03. The maximum Gasteiger partial charge on any atom is 0.271 e. The van der Waals surface area contributed by atoms with Crippen LogP contribution in [-0.4, -0.2) is 51.1 Å². The summed E-state index contributed by atoms with van der Waals surface area (Å²) in [5.74, 6) is -0.979. The first-order chi connectivity index (χ1) is 18.3. The number of rotatable bonds is 11. The molecule has 14 heteroatoms. The van der Waals surface area contributed by atoms with Gasteiger partial charge >= 0.3 is 0 Å². The standard InChI is InChI=1S/C25H28N2O8S4/c1-17-4-6-22-20(12-17)26(8-10-38(28,29)30)24(36-22)13-18(2)14-25-27(9-11-39(31,32)33)21-15-19(16-35-34-3)5-7-23(21)37-25/h4-7,12-15H,8-11,16H2,1-3H3,(H-,28,29,30,31,32,33). The number of hydrogen-bond donors (Lipinski definition) is 1. The van der Waals surface area contributed by atoms with Gasteiger partial charge in [0.15, 0.2) is 6.54 Å². The number of thioether (sulfide) groups is 1. The summed E-state index contributed by atoms with van der Waals surface area (Å²) in [5.41, 5.74) is 4.30. The van der Waals surface area contributed by atoms with Crippen LogP contribution in [0.3, 0.4) is 0 Å². The average molecular weight is 613 g/mol. The molecule has 0 aliphatic carbocycles. The van der Waals surface area contributed by atoms with E-state index >= 15 is 0 Å². The molecule has 0 saturated carbocycles. The summed E-state index contributed by atoms with van der Waals surface area (Å²) in [6.07, 6.45) is 3.82. The van der Waals surface area contributed by atoms with Crippen molar-refractivity contribution in [1.29, 1.82) is 0 Å². The van der Waals surface area contributed by atoms with Crippen LogP contribution in [-0.2, 0) is 43.2 Å². The van der Waals surface area contributed by atoms with Crippen LogP contribution in [0, 0.1) is 6.92 Å². The molecule has 1 N–H and O–H groups in total. The number of fused-ring (bicyclic) bond motifs is 2. The van der Waals surface area contributed by atoms with Crippen LogP contribution in [0.25, 0.3) is 16.3 Å². The van der Waals surface area contributed by atoms with E-state index in [0.29, 0.717) is 0 Å². The summed E-state index contributed by atoms with van der Waals surface area (Å²) in [6, 6.07) is 11.6. The molecule has 0 unspecified atom stereocenters. The maximum atomic E-state index is 11.5. The minimum absolute atomic E-state index is 0.0258. The molecule has 0 saturated heterocycles. The smallest absolute Gasteiger partial charge is 0.271 e. The summed E-state index contributed by atoms with van der Waals surface area (Å²) in [5, 5.41) is 1.54. The van der Waals surface area contributed by atoms with Crippen molar-refractivity contribution in [3.05, 3.63) is 69.2 Å². The highest BCUT2D eigenvalue weighted by Crippen LogP contribution is 2.46. The van der Waals surface area contributed by atoms with Crippen LogP contribution in [0.5, 0.6) is 0 Å². The number of anilines is 1. The van der Waals surface area contributed by atoms with Crippen molar-refractivity contribution in [3.8, 4) is 0 Å². The van der Waals surface area contributed by atoms with Gasteiger partial charge in [0.05, 0.1) is 33.7 Å². The third kappa shape index (κ3) is 7.89. The Balaban J connectivity index is 1.73. The number of allylic oxidation sites excluding steroid dienone is 2. The summed E-state index contributed by atoms with van der Waals surface area (Å²) in [4.78, 5) is 12.5. The monoisotopic (exact) mass is 612 g/mol. The van der Waals surface area contributed by atoms with Gasteiger partial charge in [-0.15, -0.1) is 0 Å². The molecule has 3 aromatic rings. The molecule has 1 aliphatic heterocycles. The van der Waals surface area contributed by atoms with Crippen molar-refractivity contribution in [1.82, 2.24) is 0 Å². The maximum absolute atomic E-state index is 11.5. The highest BCUT2D eigenvalue weighted by atomic mass is 32.2. The Morgan fingerprint density at radius 3 is 2.62 bits per heavy atom. The van der Waals surface area contributed by atoms with Crippen LogP contribution in [0.2, 0.25) is 0 Å². The van der Waals surface area contributed by atoms with Gasteiger partial charge in [-0.2, -0.15) is 13.0 Å². The van der Waals surface area contributed by atoms with Crippen molar-refractivity contribution in [2.75, 3.05) is 30.1 Å². The van der Waals surface area contributed by atoms with Crippen LogP contribution in [0.4, 0.5) is 5.69 Å². The van der Waals surface area contributed by atoms with Gasteiger partial charge in [0.1, 0.15) is 17.1 Å². The minimum Gasteiger partial charge on any atom is -0.748 e. The molecule has 10 nitrogen and oxygen atoms in total. The zero-order valence-electron chi connectivity index (χ0n) is 21.5. The fraction of sp³-hybridized carbons (Fsp3) is 0.320. The second kappa shape index (κ2) is 12.1. The molecule has 210 valence electrons. The normalized spacial score (nSPS) is 15.5. The predicted molar refractivity (Wildman–Crippen MR) is 151 cm³/mol. The lowest BCUT2D eigenvalue weighted by Gasteiger charge is -2.21. The summed E-state index contributed by atoms with van der Waals surface area (Å²) >= 11 is 2.95. The van der Waals surface area contributed by atoms with Crippen molar-refractivity contribution in [2.45, 2.75) is 31.9 Å². The van der Waals surface area contributed by atoms with Gasteiger partial charge in [-0.1, -0.05) is 35.2 Å². The van der Waals surface area contributed by atoms with Crippen molar-refractivity contribution < 1.29 is 40.3 Å². The second-order valence-electron chi connectivity index (χ2n) is 8.97. The Labute approximate surface area is 236 Å². The molecule has 0 fully saturated rings. The highest BCUT2D eigenvalue weighted by Gasteiger charge is 2.26. The van der Waals surface area contributed by atoms with Gasteiger partial charge in [0.2, 0.25) is 5.52 Å². The summed E-state index contributed by atoms with van der Waals surface area (Å²) < 4.78 is 69.4. The molecule has 2 heterocycles. The van der Waals surface area contributed by atoms with E-state index in [1.807, 2.05) is 71.9 Å². The number of thiazole rings is 1. The van der Waals surface area contributed by atoms with E-state index in [2.05, 4.69) is 4.89 Å². The number of nitrogens with zero attached hydrogens (tertiary/aromatic N) is 2. The zero-order chi connectivity index (χ0) is 28.4. The molecular weight excluding hydrogens is 585 g/mol. The lowest BCUT2D eigenvalue weighted by Crippen LogP contribution is -2.38. The molecule has 0 bridgehead atoms. The molecule has 0 radical (unpaired) electrons. The van der Waals surface area contributed by atoms with Crippen LogP contribution >= 0.6 is 23.1 Å². The van der Waals surface area contributed by atoms with Crippen molar-refractivity contribution in [2.24, 2.45) is 0 Å². The van der Waals surface area contributed by atoms with Gasteiger partial charge in [0, 0.05) is 23.6 Å². The van der Waals surface area contributed by atoms with Gasteiger partial charge < -0.3 is 9.45 Å². The van der Waals surface area contributed by atoms with E-state index in [0.717, 1.165) is 47.5 Å². The summed E-state index contributed by atoms with van der Waals surface area (Å²) in [6.45, 7) is 4.11. The van der Waals surface area contributed by atoms with Gasteiger partial charge in [-0.3, -0.25) is 4.55 Å². The Morgan fingerprint density at radius 2 is 1.92 bits per heavy atom. The lowest BCUT2D eigenvalue weighted by atomic mass is 10.2. The number of hydrogen-bond acceptors (Lipinski definition) is 10. The molecule has 4 rings (SSSR count). The molecule has 2 aromatic carbocycles. The zero-order valence-corrected chi connectivity index (χ0v) is 24.8. The first-order valence-electron chi connectivity index (χ1n) is 11.8. The van der Waals surface area contributed by atoms with E-state index < -0.39 is 31.7 Å². The third-order valence-electron chi connectivity index (χ3n) is 5.86. The third-order valence-corrected chi connectivity index (χ3v) is 9.47. The number of benzene rings is 2. The Bertz CT molecular complexity index is 1660. The van der Waals surface area contributed by atoms with E-state index in [1.165, 1.54) is 30.2 Å². The second-order valence-corrected chi connectivity index (χ2v) is 14.2. The topological polar surface area (TPSA) is 137 Å². The first kappa shape index (κ1) is 29.7. The minimum atomic E-state index is -4.40. The largest absolute Gasteiger partial charge is 0.748 e. The molecule has 0 amide bonds. The van der Waals surface area contributed by atoms with Gasteiger partial charge in [-0.25, -0.2) is 18.2 Å². The fourth-order valence-electron chi connectivity index (χ4n) is 4.09.